The summed E-state index contributed by atoms with van der Waals surface area (Å²) in [5.41, 5.74) is 5.12. The lowest BCUT2D eigenvalue weighted by Crippen LogP contribution is -2.16. The molecular formula is C16H23N3. The Labute approximate surface area is 115 Å². The van der Waals surface area contributed by atoms with Crippen molar-refractivity contribution in [1.29, 1.82) is 0 Å². The predicted octanol–water partition coefficient (Wildman–Crippen LogP) is 3.27. The third-order valence-electron chi connectivity index (χ3n) is 3.88. The fourth-order valence-corrected chi connectivity index (χ4v) is 2.36. The van der Waals surface area contributed by atoms with Crippen molar-refractivity contribution in [1.82, 2.24) is 14.7 Å². The van der Waals surface area contributed by atoms with E-state index in [1.807, 2.05) is 17.9 Å². The number of nitrogens with zero attached hydrogens (tertiary/aromatic N) is 3. The molecule has 2 aromatic rings. The summed E-state index contributed by atoms with van der Waals surface area (Å²) in [6.07, 6.45) is 2.96. The average molecular weight is 257 g/mol. The monoisotopic (exact) mass is 257 g/mol. The van der Waals surface area contributed by atoms with Gasteiger partial charge in [0, 0.05) is 24.3 Å². The van der Waals surface area contributed by atoms with Crippen molar-refractivity contribution in [3.05, 3.63) is 41.7 Å². The summed E-state index contributed by atoms with van der Waals surface area (Å²) >= 11 is 0. The maximum atomic E-state index is 4.36. The van der Waals surface area contributed by atoms with Gasteiger partial charge in [-0.3, -0.25) is 4.68 Å². The maximum absolute atomic E-state index is 4.36. The van der Waals surface area contributed by atoms with E-state index in [0.29, 0.717) is 6.04 Å². The van der Waals surface area contributed by atoms with Gasteiger partial charge in [0.2, 0.25) is 0 Å². The highest BCUT2D eigenvalue weighted by Crippen LogP contribution is 2.26. The largest absolute Gasteiger partial charge is 0.303 e. The Balaban J connectivity index is 2.32. The molecule has 0 saturated carbocycles. The van der Waals surface area contributed by atoms with Crippen molar-refractivity contribution in [2.75, 3.05) is 14.1 Å². The van der Waals surface area contributed by atoms with Crippen molar-refractivity contribution in [2.24, 2.45) is 7.05 Å². The standard InChI is InChI=1S/C16H23N3/c1-6-16-15(11-17-19(16)5)14-9-7-13(8-10-14)12(2)18(3)4/h7-12H,6H2,1-5H3/t12-/m0/s1. The molecule has 0 amide bonds. The van der Waals surface area contributed by atoms with E-state index < -0.39 is 0 Å². The van der Waals surface area contributed by atoms with Crippen molar-refractivity contribution in [2.45, 2.75) is 26.3 Å². The van der Waals surface area contributed by atoms with Gasteiger partial charge in [-0.1, -0.05) is 31.2 Å². The summed E-state index contributed by atoms with van der Waals surface area (Å²) < 4.78 is 1.96. The van der Waals surface area contributed by atoms with E-state index in [0.717, 1.165) is 6.42 Å². The molecule has 0 fully saturated rings. The lowest BCUT2D eigenvalue weighted by Gasteiger charge is -2.20. The van der Waals surface area contributed by atoms with Crippen LogP contribution in [0.4, 0.5) is 0 Å². The third-order valence-corrected chi connectivity index (χ3v) is 3.88. The van der Waals surface area contributed by atoms with Crippen LogP contribution in [0, 0.1) is 0 Å². The number of hydrogen-bond acceptors (Lipinski definition) is 2. The first-order chi connectivity index (χ1) is 9.04. The van der Waals surface area contributed by atoms with Crippen LogP contribution in [0.1, 0.15) is 31.1 Å². The van der Waals surface area contributed by atoms with Crippen LogP contribution in [0.3, 0.4) is 0 Å². The molecule has 0 bridgehead atoms. The Morgan fingerprint density at radius 2 is 1.84 bits per heavy atom. The minimum absolute atomic E-state index is 0.439. The van der Waals surface area contributed by atoms with Gasteiger partial charge in [-0.25, -0.2) is 0 Å². The highest BCUT2D eigenvalue weighted by Gasteiger charge is 2.11. The molecule has 0 N–H and O–H groups in total. The van der Waals surface area contributed by atoms with Crippen LogP contribution in [0.2, 0.25) is 0 Å². The normalized spacial score (nSPS) is 12.9. The molecule has 0 aliphatic carbocycles. The zero-order chi connectivity index (χ0) is 14.0. The molecule has 0 aliphatic heterocycles. The molecule has 1 heterocycles. The number of rotatable bonds is 4. The van der Waals surface area contributed by atoms with E-state index in [2.05, 4.69) is 62.2 Å². The summed E-state index contributed by atoms with van der Waals surface area (Å²) in [6.45, 7) is 4.39. The van der Waals surface area contributed by atoms with E-state index in [1.54, 1.807) is 0 Å². The van der Waals surface area contributed by atoms with E-state index in [1.165, 1.54) is 22.4 Å². The molecule has 19 heavy (non-hydrogen) atoms. The fraction of sp³-hybridized carbons (Fsp3) is 0.438. The lowest BCUT2D eigenvalue weighted by atomic mass is 10.0. The molecule has 1 atom stereocenters. The summed E-state index contributed by atoms with van der Waals surface area (Å²) in [5, 5.41) is 4.36. The zero-order valence-electron chi connectivity index (χ0n) is 12.5. The van der Waals surface area contributed by atoms with Crippen molar-refractivity contribution in [3.63, 3.8) is 0 Å². The van der Waals surface area contributed by atoms with E-state index >= 15 is 0 Å². The third kappa shape index (κ3) is 2.71. The number of aryl methyl sites for hydroxylation is 1. The van der Waals surface area contributed by atoms with Crippen molar-refractivity contribution >= 4 is 0 Å². The SMILES string of the molecule is CCc1c(-c2ccc([C@H](C)N(C)C)cc2)cnn1C. The first-order valence-electron chi connectivity index (χ1n) is 6.82. The second-order valence-electron chi connectivity index (χ2n) is 5.24. The fourth-order valence-electron chi connectivity index (χ4n) is 2.36. The molecule has 1 aromatic carbocycles. The van der Waals surface area contributed by atoms with Crippen LogP contribution in [0.15, 0.2) is 30.5 Å². The molecule has 2 rings (SSSR count). The molecule has 0 radical (unpaired) electrons. The Morgan fingerprint density at radius 1 is 1.21 bits per heavy atom. The van der Waals surface area contributed by atoms with Crippen LogP contribution >= 0.6 is 0 Å². The van der Waals surface area contributed by atoms with Crippen LogP contribution in [-0.2, 0) is 13.5 Å². The molecule has 3 heteroatoms. The second kappa shape index (κ2) is 5.57. The van der Waals surface area contributed by atoms with Gasteiger partial charge in [-0.15, -0.1) is 0 Å². The molecule has 3 nitrogen and oxygen atoms in total. The predicted molar refractivity (Wildman–Crippen MR) is 80.1 cm³/mol. The maximum Gasteiger partial charge on any atom is 0.0571 e. The molecule has 1 aromatic heterocycles. The minimum Gasteiger partial charge on any atom is -0.303 e. The number of hydrogen-bond donors (Lipinski definition) is 0. The molecule has 102 valence electrons. The summed E-state index contributed by atoms with van der Waals surface area (Å²) in [7, 11) is 6.22. The van der Waals surface area contributed by atoms with Gasteiger partial charge in [0.25, 0.3) is 0 Å². The number of benzene rings is 1. The molecule has 0 saturated heterocycles. The molecule has 0 spiro atoms. The Kier molecular flexibility index (Phi) is 4.05. The van der Waals surface area contributed by atoms with Gasteiger partial charge in [-0.2, -0.15) is 5.10 Å². The quantitative estimate of drug-likeness (QED) is 0.838. The van der Waals surface area contributed by atoms with Crippen LogP contribution in [0.5, 0.6) is 0 Å². The van der Waals surface area contributed by atoms with Crippen LogP contribution in [0.25, 0.3) is 11.1 Å². The Morgan fingerprint density at radius 3 is 2.37 bits per heavy atom. The zero-order valence-corrected chi connectivity index (χ0v) is 12.5. The Bertz CT molecular complexity index is 538. The van der Waals surface area contributed by atoms with Crippen LogP contribution in [-0.4, -0.2) is 28.8 Å². The lowest BCUT2D eigenvalue weighted by molar-refractivity contribution is 0.321. The van der Waals surface area contributed by atoms with Gasteiger partial charge >= 0.3 is 0 Å². The molecular weight excluding hydrogens is 234 g/mol. The minimum atomic E-state index is 0.439. The van der Waals surface area contributed by atoms with Gasteiger partial charge in [-0.05, 0) is 38.6 Å². The Hall–Kier alpha value is -1.61. The highest BCUT2D eigenvalue weighted by molar-refractivity contribution is 5.65. The summed E-state index contributed by atoms with van der Waals surface area (Å²) in [5.74, 6) is 0. The summed E-state index contributed by atoms with van der Waals surface area (Å²) in [6, 6.07) is 9.27. The first kappa shape index (κ1) is 13.8. The number of aromatic nitrogens is 2. The van der Waals surface area contributed by atoms with Gasteiger partial charge in [0.15, 0.2) is 0 Å². The molecule has 0 unspecified atom stereocenters. The average Bonchev–Trinajstić information content (AvgIpc) is 2.79. The van der Waals surface area contributed by atoms with Gasteiger partial charge in [0.05, 0.1) is 6.20 Å². The van der Waals surface area contributed by atoms with E-state index in [9.17, 15) is 0 Å². The van der Waals surface area contributed by atoms with E-state index in [-0.39, 0.29) is 0 Å². The van der Waals surface area contributed by atoms with Crippen LogP contribution < -0.4 is 0 Å². The molecule has 0 aliphatic rings. The van der Waals surface area contributed by atoms with Crippen molar-refractivity contribution < 1.29 is 0 Å². The highest BCUT2D eigenvalue weighted by atomic mass is 15.3. The topological polar surface area (TPSA) is 21.1 Å². The second-order valence-corrected chi connectivity index (χ2v) is 5.24. The summed E-state index contributed by atoms with van der Waals surface area (Å²) in [4.78, 5) is 2.22. The van der Waals surface area contributed by atoms with E-state index in [4.69, 9.17) is 0 Å². The first-order valence-corrected chi connectivity index (χ1v) is 6.82. The van der Waals surface area contributed by atoms with Gasteiger partial charge < -0.3 is 4.90 Å². The smallest absolute Gasteiger partial charge is 0.0571 e. The van der Waals surface area contributed by atoms with Crippen molar-refractivity contribution in [3.8, 4) is 11.1 Å². The van der Waals surface area contributed by atoms with Gasteiger partial charge in [0.1, 0.15) is 0 Å².